The third-order valence-corrected chi connectivity index (χ3v) is 3.69. The molecule has 0 spiro atoms. The third kappa shape index (κ3) is 5.98. The summed E-state index contributed by atoms with van der Waals surface area (Å²) in [6.07, 6.45) is -0.876. The van der Waals surface area contributed by atoms with E-state index in [1.165, 1.54) is 5.56 Å². The summed E-state index contributed by atoms with van der Waals surface area (Å²) in [5.74, 6) is -2.66. The highest BCUT2D eigenvalue weighted by atomic mass is 19.4. The quantitative estimate of drug-likeness (QED) is 0.339. The highest BCUT2D eigenvalue weighted by Gasteiger charge is 2.38. The number of benzene rings is 3. The van der Waals surface area contributed by atoms with E-state index in [9.17, 15) is 13.2 Å². The Kier molecular flexibility index (Phi) is 6.55. The Morgan fingerprint density at radius 1 is 0.893 bits per heavy atom. The number of nitrogen functional groups attached to an aromatic ring is 1. The van der Waals surface area contributed by atoms with Crippen molar-refractivity contribution in [2.75, 3.05) is 0 Å². The molecule has 3 rings (SSSR count). The van der Waals surface area contributed by atoms with Crippen LogP contribution in [0, 0.1) is 5.41 Å². The number of carbonyl (C=O) groups is 1. The molecule has 0 aliphatic carbocycles. The van der Waals surface area contributed by atoms with Gasteiger partial charge in [0.15, 0.2) is 0 Å². The first-order valence-electron chi connectivity index (χ1n) is 8.08. The molecule has 144 valence electrons. The molecule has 28 heavy (non-hydrogen) atoms. The number of alkyl halides is 3. The third-order valence-electron chi connectivity index (χ3n) is 3.69. The molecule has 0 amide bonds. The number of rotatable bonds is 3. The topological polar surface area (TPSA) is 87.2 Å². The van der Waals surface area contributed by atoms with Gasteiger partial charge in [-0.1, -0.05) is 66.7 Å². The minimum atomic E-state index is -5.08. The molecule has 4 N–H and O–H groups in total. The average Bonchev–Trinajstić information content (AvgIpc) is 2.66. The van der Waals surface area contributed by atoms with Gasteiger partial charge in [0.05, 0.1) is 0 Å². The summed E-state index contributed by atoms with van der Waals surface area (Å²) < 4.78 is 31.7. The highest BCUT2D eigenvalue weighted by Crippen LogP contribution is 2.19. The van der Waals surface area contributed by atoms with Gasteiger partial charge in [-0.25, -0.2) is 4.79 Å². The molecule has 3 aromatic rings. The minimum absolute atomic E-state index is 0.102. The molecule has 7 heteroatoms. The number of carboxylic acids is 1. The zero-order valence-corrected chi connectivity index (χ0v) is 14.6. The van der Waals surface area contributed by atoms with Crippen LogP contribution in [0.5, 0.6) is 0 Å². The van der Waals surface area contributed by atoms with E-state index in [1.807, 2.05) is 36.4 Å². The van der Waals surface area contributed by atoms with E-state index >= 15 is 0 Å². The maximum absolute atomic E-state index is 10.6. The second kappa shape index (κ2) is 8.85. The van der Waals surface area contributed by atoms with E-state index in [2.05, 4.69) is 42.5 Å². The lowest BCUT2D eigenvalue weighted by molar-refractivity contribution is -0.192. The van der Waals surface area contributed by atoms with Crippen molar-refractivity contribution in [1.29, 1.82) is 5.41 Å². The number of aliphatic carboxylic acids is 1. The Bertz CT molecular complexity index is 1010. The van der Waals surface area contributed by atoms with E-state index in [4.69, 9.17) is 21.0 Å². The normalized spacial score (nSPS) is 11.1. The van der Waals surface area contributed by atoms with Crippen molar-refractivity contribution >= 4 is 34.7 Å². The van der Waals surface area contributed by atoms with Crippen LogP contribution in [0.3, 0.4) is 0 Å². The summed E-state index contributed by atoms with van der Waals surface area (Å²) in [5, 5.41) is 16.9. The number of halogens is 3. The first kappa shape index (κ1) is 20.7. The number of amidine groups is 1. The average molecular weight is 386 g/mol. The maximum atomic E-state index is 10.6. The van der Waals surface area contributed by atoms with Gasteiger partial charge in [0.1, 0.15) is 5.84 Å². The van der Waals surface area contributed by atoms with Crippen LogP contribution >= 0.6 is 0 Å². The predicted octanol–water partition coefficient (Wildman–Crippen LogP) is 4.93. The lowest BCUT2D eigenvalue weighted by atomic mass is 10.0. The molecule has 0 radical (unpaired) electrons. The number of hydrogen-bond acceptors (Lipinski definition) is 2. The first-order chi connectivity index (χ1) is 13.2. The van der Waals surface area contributed by atoms with Crippen LogP contribution < -0.4 is 5.73 Å². The van der Waals surface area contributed by atoms with Gasteiger partial charge < -0.3 is 10.8 Å². The maximum Gasteiger partial charge on any atom is 0.490 e. The number of hydrogen-bond donors (Lipinski definition) is 3. The van der Waals surface area contributed by atoms with Crippen LogP contribution in [0.1, 0.15) is 16.7 Å². The summed E-state index contributed by atoms with van der Waals surface area (Å²) in [6.45, 7) is 0. The number of nitrogens with one attached hydrogen (secondary N) is 1. The SMILES string of the molecule is N=C(N)c1ccc2cc(/C=C/c3ccccc3)ccc2c1.O=C(O)C(F)(F)F. The molecule has 3 aromatic carbocycles. The van der Waals surface area contributed by atoms with Crippen LogP contribution in [0.4, 0.5) is 13.2 Å². The van der Waals surface area contributed by atoms with Crippen LogP contribution in [0.2, 0.25) is 0 Å². The van der Waals surface area contributed by atoms with Gasteiger partial charge in [-0.15, -0.1) is 0 Å². The fourth-order valence-corrected chi connectivity index (χ4v) is 2.29. The Morgan fingerprint density at radius 3 is 2.00 bits per heavy atom. The lowest BCUT2D eigenvalue weighted by Crippen LogP contribution is -2.21. The van der Waals surface area contributed by atoms with Gasteiger partial charge in [-0.2, -0.15) is 13.2 Å². The van der Waals surface area contributed by atoms with E-state index in [-0.39, 0.29) is 5.84 Å². The molecule has 0 aromatic heterocycles. The largest absolute Gasteiger partial charge is 0.490 e. The molecule has 4 nitrogen and oxygen atoms in total. The first-order valence-corrected chi connectivity index (χ1v) is 8.08. The summed E-state index contributed by atoms with van der Waals surface area (Å²) in [4.78, 5) is 8.90. The van der Waals surface area contributed by atoms with Gasteiger partial charge >= 0.3 is 12.1 Å². The summed E-state index contributed by atoms with van der Waals surface area (Å²) in [5.41, 5.74) is 8.62. The standard InChI is InChI=1S/C19H16N2.C2HF3O2/c20-19(21)18-11-10-16-12-15(8-9-17(16)13-18)7-6-14-4-2-1-3-5-14;3-2(4,5)1(6)7/h1-13H,(H3,20,21);(H,6,7)/b7-6+;. The Balaban J connectivity index is 0.000000345. The second-order valence-corrected chi connectivity index (χ2v) is 5.78. The van der Waals surface area contributed by atoms with E-state index in [0.29, 0.717) is 0 Å². The van der Waals surface area contributed by atoms with Gasteiger partial charge in [-0.05, 0) is 34.0 Å². The fourth-order valence-electron chi connectivity index (χ4n) is 2.29. The second-order valence-electron chi connectivity index (χ2n) is 5.78. The Morgan fingerprint density at radius 2 is 1.43 bits per heavy atom. The van der Waals surface area contributed by atoms with Crippen LogP contribution in [-0.2, 0) is 4.79 Å². The van der Waals surface area contributed by atoms with E-state index < -0.39 is 12.1 Å². The predicted molar refractivity (Wildman–Crippen MR) is 104 cm³/mol. The summed E-state index contributed by atoms with van der Waals surface area (Å²) in [6, 6.07) is 22.3. The van der Waals surface area contributed by atoms with Crippen molar-refractivity contribution in [1.82, 2.24) is 0 Å². The molecule has 0 bridgehead atoms. The van der Waals surface area contributed by atoms with Gasteiger partial charge in [0.2, 0.25) is 0 Å². The van der Waals surface area contributed by atoms with Gasteiger partial charge in [-0.3, -0.25) is 5.41 Å². The zero-order valence-electron chi connectivity index (χ0n) is 14.6. The molecule has 0 saturated carbocycles. The summed E-state index contributed by atoms with van der Waals surface area (Å²) in [7, 11) is 0. The van der Waals surface area contributed by atoms with Crippen molar-refractivity contribution in [2.24, 2.45) is 5.73 Å². The number of fused-ring (bicyclic) bond motifs is 1. The Labute approximate surface area is 159 Å². The van der Waals surface area contributed by atoms with Crippen molar-refractivity contribution in [3.05, 3.63) is 83.4 Å². The van der Waals surface area contributed by atoms with Crippen LogP contribution in [-0.4, -0.2) is 23.1 Å². The van der Waals surface area contributed by atoms with Gasteiger partial charge in [0.25, 0.3) is 0 Å². The number of carboxylic acid groups (broad SMARTS) is 1. The molecule has 0 aliphatic rings. The monoisotopic (exact) mass is 386 g/mol. The van der Waals surface area contributed by atoms with E-state index in [1.54, 1.807) is 0 Å². The zero-order chi connectivity index (χ0) is 20.7. The molecular weight excluding hydrogens is 369 g/mol. The molecule has 0 unspecified atom stereocenters. The molecule has 0 saturated heterocycles. The molecule has 0 aliphatic heterocycles. The fraction of sp³-hybridized carbons (Fsp3) is 0.0476. The number of nitrogens with two attached hydrogens (primary N) is 1. The van der Waals surface area contributed by atoms with Gasteiger partial charge in [0, 0.05) is 5.56 Å². The summed E-state index contributed by atoms with van der Waals surface area (Å²) >= 11 is 0. The molecule has 0 atom stereocenters. The van der Waals surface area contributed by atoms with Crippen LogP contribution in [0.25, 0.3) is 22.9 Å². The minimum Gasteiger partial charge on any atom is -0.475 e. The van der Waals surface area contributed by atoms with Crippen LogP contribution in [0.15, 0.2) is 66.7 Å². The highest BCUT2D eigenvalue weighted by molar-refractivity contribution is 5.99. The Hall–Kier alpha value is -3.61. The van der Waals surface area contributed by atoms with Crippen molar-refractivity contribution < 1.29 is 23.1 Å². The molecule has 0 heterocycles. The molecular formula is C21H17F3N2O2. The van der Waals surface area contributed by atoms with Crippen molar-refractivity contribution in [2.45, 2.75) is 6.18 Å². The van der Waals surface area contributed by atoms with E-state index in [0.717, 1.165) is 21.9 Å². The smallest absolute Gasteiger partial charge is 0.475 e. The van der Waals surface area contributed by atoms with Crippen molar-refractivity contribution in [3.8, 4) is 0 Å². The lowest BCUT2D eigenvalue weighted by Gasteiger charge is -2.03. The van der Waals surface area contributed by atoms with Crippen molar-refractivity contribution in [3.63, 3.8) is 0 Å². The molecule has 0 fully saturated rings.